The third-order valence-electron chi connectivity index (χ3n) is 3.36. The zero-order valence-electron chi connectivity index (χ0n) is 14.1. The molecule has 1 aromatic rings. The highest BCUT2D eigenvalue weighted by Crippen LogP contribution is 2.18. The molecule has 2 rings (SSSR count). The number of likely N-dealkylation sites (N-methyl/N-ethyl adjacent to an activating group) is 1. The molecule has 5 nitrogen and oxygen atoms in total. The quantitative estimate of drug-likeness (QED) is 0.742. The van der Waals surface area contributed by atoms with Crippen molar-refractivity contribution in [3.8, 4) is 5.75 Å². The molecule has 138 valence electrons. The first kappa shape index (κ1) is 23.3. The highest BCUT2D eigenvalue weighted by molar-refractivity contribution is 7.99. The number of halogens is 2. The van der Waals surface area contributed by atoms with Gasteiger partial charge >= 0.3 is 0 Å². The maximum Gasteiger partial charge on any atom is 0.225 e. The molecule has 2 N–H and O–H groups in total. The van der Waals surface area contributed by atoms with E-state index in [0.717, 1.165) is 36.0 Å². The molecule has 0 saturated carbocycles. The predicted molar refractivity (Wildman–Crippen MR) is 107 cm³/mol. The van der Waals surface area contributed by atoms with Gasteiger partial charge in [0.2, 0.25) is 5.91 Å². The number of hydrogen-bond donors (Lipinski definition) is 2. The molecule has 1 heterocycles. The molecular formula is C16H27Cl2N3O2S. The molecule has 1 amide bonds. The van der Waals surface area contributed by atoms with Gasteiger partial charge in [0.1, 0.15) is 12.4 Å². The molecule has 8 heteroatoms. The van der Waals surface area contributed by atoms with Crippen LogP contribution in [0.5, 0.6) is 5.75 Å². The van der Waals surface area contributed by atoms with E-state index in [2.05, 4.69) is 15.5 Å². The maximum absolute atomic E-state index is 12.1. The first-order valence-corrected chi connectivity index (χ1v) is 8.77. The summed E-state index contributed by atoms with van der Waals surface area (Å²) in [6.07, 6.45) is 0.513. The van der Waals surface area contributed by atoms with Gasteiger partial charge in [-0.25, -0.2) is 0 Å². The van der Waals surface area contributed by atoms with Gasteiger partial charge in [-0.1, -0.05) is 6.07 Å². The van der Waals surface area contributed by atoms with Crippen LogP contribution in [0.4, 0.5) is 5.69 Å². The lowest BCUT2D eigenvalue weighted by atomic mass is 10.2. The summed E-state index contributed by atoms with van der Waals surface area (Å²) in [6, 6.07) is 7.84. The average Bonchev–Trinajstić information content (AvgIpc) is 2.48. The van der Waals surface area contributed by atoms with Gasteiger partial charge in [0.15, 0.2) is 0 Å². The summed E-state index contributed by atoms with van der Waals surface area (Å²) in [5.74, 6) is 2.96. The van der Waals surface area contributed by atoms with Crippen LogP contribution in [0.15, 0.2) is 24.3 Å². The summed E-state index contributed by atoms with van der Waals surface area (Å²) in [7, 11) is 4.02. The number of thioether (sulfide) groups is 1. The second kappa shape index (κ2) is 12.7. The number of nitrogens with zero attached hydrogens (tertiary/aromatic N) is 1. The molecule has 1 atom stereocenters. The Balaban J connectivity index is 0.00000264. The molecule has 0 aromatic heterocycles. The van der Waals surface area contributed by atoms with E-state index in [1.807, 2.05) is 50.1 Å². The van der Waals surface area contributed by atoms with Crippen LogP contribution in [-0.4, -0.2) is 62.1 Å². The Labute approximate surface area is 161 Å². The van der Waals surface area contributed by atoms with Crippen molar-refractivity contribution in [1.29, 1.82) is 0 Å². The van der Waals surface area contributed by atoms with E-state index < -0.39 is 0 Å². The molecule has 0 spiro atoms. The third-order valence-corrected chi connectivity index (χ3v) is 4.49. The molecule has 0 radical (unpaired) electrons. The van der Waals surface area contributed by atoms with E-state index >= 15 is 0 Å². The van der Waals surface area contributed by atoms with Gasteiger partial charge in [-0.2, -0.15) is 11.8 Å². The van der Waals surface area contributed by atoms with Crippen molar-refractivity contribution in [1.82, 2.24) is 10.2 Å². The number of hydrogen-bond acceptors (Lipinski definition) is 5. The van der Waals surface area contributed by atoms with E-state index in [-0.39, 0.29) is 36.8 Å². The summed E-state index contributed by atoms with van der Waals surface area (Å²) in [5, 5.41) is 6.32. The van der Waals surface area contributed by atoms with Crippen molar-refractivity contribution in [3.63, 3.8) is 0 Å². The molecule has 1 aromatic carbocycles. The van der Waals surface area contributed by atoms with Gasteiger partial charge in [0.05, 0.1) is 0 Å². The highest BCUT2D eigenvalue weighted by Gasteiger charge is 2.16. The summed E-state index contributed by atoms with van der Waals surface area (Å²) in [4.78, 5) is 14.2. The summed E-state index contributed by atoms with van der Waals surface area (Å²) < 4.78 is 5.68. The minimum absolute atomic E-state index is 0. The zero-order valence-corrected chi connectivity index (χ0v) is 16.6. The van der Waals surface area contributed by atoms with Crippen LogP contribution in [0, 0.1) is 0 Å². The summed E-state index contributed by atoms with van der Waals surface area (Å²) in [5.41, 5.74) is 0.788. The van der Waals surface area contributed by atoms with Crippen LogP contribution < -0.4 is 15.4 Å². The maximum atomic E-state index is 12.1. The number of ether oxygens (including phenoxy) is 1. The fourth-order valence-corrected chi connectivity index (χ4v) is 3.15. The van der Waals surface area contributed by atoms with E-state index in [1.165, 1.54) is 0 Å². The van der Waals surface area contributed by atoms with Crippen LogP contribution in [-0.2, 0) is 4.79 Å². The monoisotopic (exact) mass is 395 g/mol. The molecule has 24 heavy (non-hydrogen) atoms. The molecule has 0 bridgehead atoms. The second-order valence-corrected chi connectivity index (χ2v) is 6.81. The van der Waals surface area contributed by atoms with Crippen molar-refractivity contribution >= 4 is 48.2 Å². The summed E-state index contributed by atoms with van der Waals surface area (Å²) in [6.45, 7) is 2.48. The van der Waals surface area contributed by atoms with Crippen molar-refractivity contribution in [2.45, 2.75) is 12.5 Å². The van der Waals surface area contributed by atoms with Gasteiger partial charge in [0.25, 0.3) is 0 Å². The first-order chi connectivity index (χ1) is 10.6. The number of rotatable bonds is 7. The molecule has 0 aliphatic carbocycles. The Morgan fingerprint density at radius 2 is 2.21 bits per heavy atom. The van der Waals surface area contributed by atoms with Gasteiger partial charge < -0.3 is 20.3 Å². The molecule has 1 unspecified atom stereocenters. The molecule has 1 saturated heterocycles. The number of anilines is 1. The highest BCUT2D eigenvalue weighted by atomic mass is 35.5. The van der Waals surface area contributed by atoms with Gasteiger partial charge in [-0.15, -0.1) is 24.8 Å². The fourth-order valence-electron chi connectivity index (χ4n) is 2.20. The van der Waals surface area contributed by atoms with Crippen molar-refractivity contribution in [2.24, 2.45) is 0 Å². The minimum atomic E-state index is 0. The van der Waals surface area contributed by atoms with Crippen LogP contribution >= 0.6 is 36.6 Å². The molecular weight excluding hydrogens is 369 g/mol. The van der Waals surface area contributed by atoms with Gasteiger partial charge in [-0.05, 0) is 26.2 Å². The largest absolute Gasteiger partial charge is 0.492 e. The molecule has 1 aliphatic rings. The minimum Gasteiger partial charge on any atom is -0.492 e. The third kappa shape index (κ3) is 8.99. The predicted octanol–water partition coefficient (Wildman–Crippen LogP) is 2.50. The van der Waals surface area contributed by atoms with E-state index in [9.17, 15) is 4.79 Å². The van der Waals surface area contributed by atoms with E-state index in [4.69, 9.17) is 4.74 Å². The van der Waals surface area contributed by atoms with Crippen molar-refractivity contribution in [3.05, 3.63) is 24.3 Å². The number of benzene rings is 1. The number of carbonyl (C=O) groups is 1. The van der Waals surface area contributed by atoms with Crippen molar-refractivity contribution in [2.75, 3.05) is 50.6 Å². The van der Waals surface area contributed by atoms with Gasteiger partial charge in [-0.3, -0.25) is 4.79 Å². The fraction of sp³-hybridized carbons (Fsp3) is 0.562. The van der Waals surface area contributed by atoms with Crippen LogP contribution in [0.25, 0.3) is 0 Å². The smallest absolute Gasteiger partial charge is 0.225 e. The lowest BCUT2D eigenvalue weighted by Crippen LogP contribution is -2.39. The van der Waals surface area contributed by atoms with E-state index in [0.29, 0.717) is 13.0 Å². The van der Waals surface area contributed by atoms with Crippen LogP contribution in [0.3, 0.4) is 0 Å². The Hall–Kier alpha value is -0.660. The molecule has 1 fully saturated rings. The first-order valence-electron chi connectivity index (χ1n) is 7.62. The normalized spacial score (nSPS) is 16.7. The Morgan fingerprint density at radius 1 is 1.42 bits per heavy atom. The van der Waals surface area contributed by atoms with Gasteiger partial charge in [0, 0.05) is 48.8 Å². The van der Waals surface area contributed by atoms with Crippen LogP contribution in [0.2, 0.25) is 0 Å². The Bertz CT molecular complexity index is 486. The standard InChI is InChI=1S/C16H25N3O2S.2ClH/c1-19(2)7-8-21-15-5-3-4-13(10-15)18-16(20)11-14-12-22-9-6-17-14;;/h3-5,10,14,17H,6-9,11-12H2,1-2H3,(H,18,20);2*1H. The Morgan fingerprint density at radius 3 is 2.88 bits per heavy atom. The lowest BCUT2D eigenvalue weighted by Gasteiger charge is -2.22. The second-order valence-electron chi connectivity index (χ2n) is 5.66. The van der Waals surface area contributed by atoms with Crippen molar-refractivity contribution < 1.29 is 9.53 Å². The summed E-state index contributed by atoms with van der Waals surface area (Å²) >= 11 is 1.90. The number of nitrogens with one attached hydrogen (secondary N) is 2. The molecule has 1 aliphatic heterocycles. The number of carbonyl (C=O) groups excluding carboxylic acids is 1. The SMILES string of the molecule is CN(C)CCOc1cccc(NC(=O)CC2CSCCN2)c1.Cl.Cl. The topological polar surface area (TPSA) is 53.6 Å². The van der Waals surface area contributed by atoms with E-state index in [1.54, 1.807) is 0 Å². The number of amides is 1. The average molecular weight is 396 g/mol. The zero-order chi connectivity index (χ0) is 15.8. The van der Waals surface area contributed by atoms with Crippen LogP contribution in [0.1, 0.15) is 6.42 Å². The Kier molecular flexibility index (Phi) is 12.3. The lowest BCUT2D eigenvalue weighted by molar-refractivity contribution is -0.116.